The van der Waals surface area contributed by atoms with Crippen LogP contribution in [0.15, 0.2) is 24.3 Å². The number of ether oxygens (including phenoxy) is 7. The fourth-order valence-electron chi connectivity index (χ4n) is 6.97. The van der Waals surface area contributed by atoms with Crippen molar-refractivity contribution < 1.29 is 57.1 Å². The highest BCUT2D eigenvalue weighted by Gasteiger charge is 2.20. The van der Waals surface area contributed by atoms with Crippen LogP contribution in [0.25, 0.3) is 0 Å². The third-order valence-corrected chi connectivity index (χ3v) is 11.1. The average molecular weight is 952 g/mol. The molecule has 0 spiro atoms. The molecule has 0 aliphatic carbocycles. The van der Waals surface area contributed by atoms with Crippen LogP contribution < -0.4 is 0 Å². The van der Waals surface area contributed by atoms with Gasteiger partial charge < -0.3 is 38.1 Å². The highest BCUT2D eigenvalue weighted by atomic mass is 16.6. The van der Waals surface area contributed by atoms with Crippen molar-refractivity contribution in [1.82, 2.24) is 4.90 Å². The van der Waals surface area contributed by atoms with Crippen molar-refractivity contribution in [2.45, 2.75) is 219 Å². The Morgan fingerprint density at radius 1 is 0.373 bits per heavy atom. The third-order valence-electron chi connectivity index (χ3n) is 11.1. The van der Waals surface area contributed by atoms with Gasteiger partial charge >= 0.3 is 29.8 Å². The van der Waals surface area contributed by atoms with Crippen LogP contribution in [0.3, 0.4) is 0 Å². The van der Waals surface area contributed by atoms with Gasteiger partial charge in [0.05, 0.1) is 45.7 Å². The van der Waals surface area contributed by atoms with Crippen LogP contribution in [-0.2, 0) is 57.1 Å². The van der Waals surface area contributed by atoms with Gasteiger partial charge in [0.25, 0.3) is 0 Å². The van der Waals surface area contributed by atoms with Crippen molar-refractivity contribution in [2.24, 2.45) is 0 Å². The van der Waals surface area contributed by atoms with Gasteiger partial charge in [-0.15, -0.1) is 0 Å². The zero-order valence-corrected chi connectivity index (χ0v) is 43.0. The van der Waals surface area contributed by atoms with E-state index in [9.17, 15) is 24.0 Å². The maximum atomic E-state index is 12.8. The van der Waals surface area contributed by atoms with Crippen molar-refractivity contribution in [3.05, 3.63) is 24.3 Å². The zero-order chi connectivity index (χ0) is 49.1. The van der Waals surface area contributed by atoms with E-state index in [1.165, 1.54) is 83.5 Å². The maximum Gasteiger partial charge on any atom is 0.307 e. The quantitative estimate of drug-likeness (QED) is 0.0246. The molecule has 67 heavy (non-hydrogen) atoms. The topological polar surface area (TPSA) is 153 Å². The number of esters is 5. The molecule has 0 bridgehead atoms. The first-order valence-electron chi connectivity index (χ1n) is 26.6. The van der Waals surface area contributed by atoms with Crippen LogP contribution in [0.4, 0.5) is 0 Å². The average Bonchev–Trinajstić information content (AvgIpc) is 3.31. The summed E-state index contributed by atoms with van der Waals surface area (Å²) in [6.07, 6.45) is 38.9. The Bertz CT molecular complexity index is 1240. The number of unbranched alkanes of at least 4 members (excludes halogenated alkanes) is 22. The van der Waals surface area contributed by atoms with Crippen LogP contribution in [0.2, 0.25) is 0 Å². The predicted octanol–water partition coefficient (Wildman–Crippen LogP) is 11.9. The molecule has 0 radical (unpaired) electrons. The monoisotopic (exact) mass is 952 g/mol. The van der Waals surface area contributed by atoms with Crippen LogP contribution in [-0.4, -0.2) is 114 Å². The molecule has 0 unspecified atom stereocenters. The molecule has 0 amide bonds. The lowest BCUT2D eigenvalue weighted by Crippen LogP contribution is -2.31. The van der Waals surface area contributed by atoms with E-state index in [0.29, 0.717) is 26.0 Å². The van der Waals surface area contributed by atoms with Gasteiger partial charge in [0.2, 0.25) is 0 Å². The van der Waals surface area contributed by atoms with Crippen molar-refractivity contribution >= 4 is 29.8 Å². The summed E-state index contributed by atoms with van der Waals surface area (Å²) in [4.78, 5) is 63.6. The second kappa shape index (κ2) is 50.6. The van der Waals surface area contributed by atoms with Gasteiger partial charge in [0.1, 0.15) is 26.4 Å². The lowest BCUT2D eigenvalue weighted by Gasteiger charge is -2.18. The lowest BCUT2D eigenvalue weighted by molar-refractivity contribution is -0.167. The Labute approximate surface area is 407 Å². The Morgan fingerprint density at radius 2 is 0.701 bits per heavy atom. The van der Waals surface area contributed by atoms with E-state index in [0.717, 1.165) is 77.0 Å². The molecule has 0 N–H and O–H groups in total. The zero-order valence-electron chi connectivity index (χ0n) is 43.0. The van der Waals surface area contributed by atoms with E-state index in [1.54, 1.807) is 0 Å². The highest BCUT2D eigenvalue weighted by molar-refractivity contribution is 5.77. The van der Waals surface area contributed by atoms with Crippen molar-refractivity contribution in [2.75, 3.05) is 73.5 Å². The third kappa shape index (κ3) is 50.4. The van der Waals surface area contributed by atoms with E-state index in [2.05, 4.69) is 38.2 Å². The Hall–Kier alpha value is -3.29. The standard InChI is InChI=1S/C54H97NO12/c1-5-7-9-11-13-15-17-19-21-23-25-27-29-31-33-35-50(56)65-47-49(67-54(60)36-34-32-30-28-26-24-22-20-18-16-14-12-10-8-6-2)48-66-52(58)38-37-51(57)63-45-43-61-41-42-62-44-46-64-53(59)39-40-55(3)4/h19-22,49H,5-18,23-48H2,1-4H3/b21-19-,22-20-/t49-/m1/s1. The normalized spacial score (nSPS) is 12.0. The number of rotatable bonds is 50. The number of carbonyl (C=O) groups excluding carboxylic acids is 5. The fraction of sp³-hybridized carbons (Fsp3) is 0.833. The number of carbonyl (C=O) groups is 5. The molecule has 0 aromatic rings. The predicted molar refractivity (Wildman–Crippen MR) is 267 cm³/mol. The van der Waals surface area contributed by atoms with Crippen molar-refractivity contribution in [1.29, 1.82) is 0 Å². The van der Waals surface area contributed by atoms with Crippen molar-refractivity contribution in [3.63, 3.8) is 0 Å². The summed E-state index contributed by atoms with van der Waals surface area (Å²) in [6.45, 7) is 5.76. The second-order valence-corrected chi connectivity index (χ2v) is 17.9. The first-order chi connectivity index (χ1) is 32.7. The van der Waals surface area contributed by atoms with E-state index in [-0.39, 0.29) is 83.9 Å². The van der Waals surface area contributed by atoms with Crippen LogP contribution in [0.1, 0.15) is 213 Å². The second-order valence-electron chi connectivity index (χ2n) is 17.9. The SMILES string of the molecule is CCCCCCCC/C=C\CCCCCCCC(=O)OC[C@H](COC(=O)CCC(=O)OCCOCCOCCOC(=O)CCN(C)C)OC(=O)CCCCCCC/C=C\CCCCCCCC. The van der Waals surface area contributed by atoms with Crippen LogP contribution in [0, 0.1) is 0 Å². The Morgan fingerprint density at radius 3 is 1.12 bits per heavy atom. The van der Waals surface area contributed by atoms with E-state index in [1.807, 2.05) is 19.0 Å². The molecule has 0 heterocycles. The molecule has 13 heteroatoms. The van der Waals surface area contributed by atoms with Gasteiger partial charge in [-0.1, -0.05) is 141 Å². The molecule has 0 aliphatic rings. The molecule has 0 aromatic heterocycles. The smallest absolute Gasteiger partial charge is 0.307 e. The van der Waals surface area contributed by atoms with Crippen LogP contribution >= 0.6 is 0 Å². The molecule has 390 valence electrons. The largest absolute Gasteiger partial charge is 0.463 e. The summed E-state index contributed by atoms with van der Waals surface area (Å²) in [7, 11) is 3.77. The van der Waals surface area contributed by atoms with Gasteiger partial charge in [-0.3, -0.25) is 24.0 Å². The van der Waals surface area contributed by atoms with Gasteiger partial charge in [-0.2, -0.15) is 0 Å². The number of hydrogen-bond acceptors (Lipinski definition) is 13. The van der Waals surface area contributed by atoms with Gasteiger partial charge in [0.15, 0.2) is 6.10 Å². The summed E-state index contributed by atoms with van der Waals surface area (Å²) in [5.41, 5.74) is 0. The minimum Gasteiger partial charge on any atom is -0.463 e. The van der Waals surface area contributed by atoms with Gasteiger partial charge in [-0.05, 0) is 78.3 Å². The first kappa shape index (κ1) is 63.7. The molecule has 13 nitrogen and oxygen atoms in total. The molecule has 1 atom stereocenters. The maximum absolute atomic E-state index is 12.8. The van der Waals surface area contributed by atoms with Gasteiger partial charge in [-0.25, -0.2) is 0 Å². The number of nitrogens with zero attached hydrogens (tertiary/aromatic N) is 1. The molecule has 0 saturated heterocycles. The fourth-order valence-corrected chi connectivity index (χ4v) is 6.97. The molecular formula is C54H97NO12. The molecular weight excluding hydrogens is 855 g/mol. The minimum absolute atomic E-state index is 0.00839. The summed E-state index contributed by atoms with van der Waals surface area (Å²) >= 11 is 0. The number of allylic oxidation sites excluding steroid dienone is 4. The lowest BCUT2D eigenvalue weighted by atomic mass is 10.1. The molecule has 0 aliphatic heterocycles. The first-order valence-corrected chi connectivity index (χ1v) is 26.6. The summed E-state index contributed by atoms with van der Waals surface area (Å²) in [6, 6.07) is 0. The molecule has 0 aromatic carbocycles. The van der Waals surface area contributed by atoms with E-state index < -0.39 is 24.0 Å². The molecule has 0 fully saturated rings. The Kier molecular flexibility index (Phi) is 48.1. The molecule has 0 saturated carbocycles. The summed E-state index contributed by atoms with van der Waals surface area (Å²) in [5.74, 6) is -2.33. The highest BCUT2D eigenvalue weighted by Crippen LogP contribution is 2.13. The molecule has 0 rings (SSSR count). The summed E-state index contributed by atoms with van der Waals surface area (Å²) in [5, 5.41) is 0. The van der Waals surface area contributed by atoms with E-state index >= 15 is 0 Å². The van der Waals surface area contributed by atoms with E-state index in [4.69, 9.17) is 33.2 Å². The van der Waals surface area contributed by atoms with Crippen molar-refractivity contribution in [3.8, 4) is 0 Å². The number of hydrogen-bond donors (Lipinski definition) is 0. The summed E-state index contributed by atoms with van der Waals surface area (Å²) < 4.78 is 37.4. The minimum atomic E-state index is -0.950. The van der Waals surface area contributed by atoms with Gasteiger partial charge in [0, 0.05) is 19.4 Å². The van der Waals surface area contributed by atoms with Crippen LogP contribution in [0.5, 0.6) is 0 Å². The Balaban J connectivity index is 4.47.